The number of phenols is 1. The van der Waals surface area contributed by atoms with Crippen LogP contribution in [0.15, 0.2) is 102 Å². The van der Waals surface area contributed by atoms with E-state index in [1.54, 1.807) is 55.6 Å². The molecule has 1 saturated heterocycles. The molecule has 2 aliphatic heterocycles. The van der Waals surface area contributed by atoms with Crippen LogP contribution in [0.2, 0.25) is 5.02 Å². The van der Waals surface area contributed by atoms with Crippen LogP contribution in [0.25, 0.3) is 11.0 Å². The Morgan fingerprint density at radius 3 is 2.25 bits per heavy atom. The lowest BCUT2D eigenvalue weighted by Crippen LogP contribution is -2.53. The minimum Gasteiger partial charge on any atom is -0.503 e. The number of ether oxygens (including phenoxy) is 3. The van der Waals surface area contributed by atoms with Gasteiger partial charge in [-0.2, -0.15) is 5.01 Å². The van der Waals surface area contributed by atoms with Gasteiger partial charge in [-0.25, -0.2) is 32.9 Å². The summed E-state index contributed by atoms with van der Waals surface area (Å²) >= 11 is 13.6. The summed E-state index contributed by atoms with van der Waals surface area (Å²) in [5.74, 6) is -3.44. The number of hydrogen-bond donors (Lipinski definition) is 2. The third kappa shape index (κ3) is 6.41. The van der Waals surface area contributed by atoms with Gasteiger partial charge in [0.25, 0.3) is 17.4 Å². The largest absolute Gasteiger partial charge is 0.503 e. The maximum atomic E-state index is 15.5. The van der Waals surface area contributed by atoms with E-state index in [1.807, 2.05) is 0 Å². The number of phenolic OH excluding ortho intramolecular Hbond substituents is 1. The van der Waals surface area contributed by atoms with E-state index in [0.29, 0.717) is 48.7 Å². The number of fused-ring (bicyclic) bond motifs is 5. The molecule has 0 spiro atoms. The normalized spacial score (nSPS) is 20.2. The standard InChI is InChI=1S/C44H37Br2ClFN7O9/c1-51-31-20-33(63-3)32(62-2)19-29(31)49-28(40(51)58)14-15-52-42(60)53-16-13-25-30(55(53)43(52)61)18-27-39(57)54(50-24-11-9-23(48)10-12-24)41(59)44(27,21-5-7-22(47)8-6-21)35(25)26-17-34(64-4)38(56)37(46)36(26)45/h5-13,17,19-20,27,30,35,50,56H,14-16,18H2,1-4H3. The number of aromatic hydroxyl groups is 1. The third-order valence-electron chi connectivity index (χ3n) is 12.5. The summed E-state index contributed by atoms with van der Waals surface area (Å²) in [6.07, 6.45) is 1.58. The van der Waals surface area contributed by atoms with Crippen LogP contribution < -0.4 is 36.6 Å². The maximum absolute atomic E-state index is 15.5. The van der Waals surface area contributed by atoms with Crippen molar-refractivity contribution in [1.29, 1.82) is 0 Å². The van der Waals surface area contributed by atoms with E-state index in [0.717, 1.165) is 9.58 Å². The van der Waals surface area contributed by atoms with Crippen molar-refractivity contribution in [1.82, 2.24) is 28.5 Å². The van der Waals surface area contributed by atoms with Crippen LogP contribution >= 0.6 is 43.5 Å². The lowest BCUT2D eigenvalue weighted by Gasteiger charge is -2.49. The average Bonchev–Trinajstić information content (AvgIpc) is 3.66. The monoisotopic (exact) mass is 1020 g/mol. The highest BCUT2D eigenvalue weighted by Crippen LogP contribution is 2.63. The number of methoxy groups -OCH3 is 3. The van der Waals surface area contributed by atoms with Gasteiger partial charge in [0.15, 0.2) is 23.0 Å². The van der Waals surface area contributed by atoms with Gasteiger partial charge < -0.3 is 23.9 Å². The van der Waals surface area contributed by atoms with Gasteiger partial charge >= 0.3 is 11.4 Å². The third-order valence-corrected chi connectivity index (χ3v) is 14.9. The number of hydrogen-bond acceptors (Lipinski definition) is 11. The van der Waals surface area contributed by atoms with Crippen LogP contribution in [0.5, 0.6) is 23.0 Å². The molecule has 0 bridgehead atoms. The van der Waals surface area contributed by atoms with Crippen molar-refractivity contribution >= 4 is 72.0 Å². The number of halogens is 4. The number of allylic oxidation sites excluding steroid dienone is 2. The smallest absolute Gasteiger partial charge is 0.347 e. The molecular weight excluding hydrogens is 985 g/mol. The molecule has 9 rings (SSSR count). The molecule has 4 unspecified atom stereocenters. The van der Waals surface area contributed by atoms with Crippen molar-refractivity contribution in [3.05, 3.63) is 146 Å². The van der Waals surface area contributed by atoms with Gasteiger partial charge in [-0.05, 0) is 97.4 Å². The van der Waals surface area contributed by atoms with Crippen LogP contribution in [0.4, 0.5) is 10.1 Å². The van der Waals surface area contributed by atoms with Gasteiger partial charge in [0.05, 0.1) is 66.4 Å². The van der Waals surface area contributed by atoms with Gasteiger partial charge in [0.2, 0.25) is 0 Å². The van der Waals surface area contributed by atoms with Crippen molar-refractivity contribution in [2.45, 2.75) is 43.3 Å². The van der Waals surface area contributed by atoms with Gasteiger partial charge in [0.1, 0.15) is 11.5 Å². The summed E-state index contributed by atoms with van der Waals surface area (Å²) in [7, 11) is 5.92. The fraction of sp³-hybridized carbons (Fsp3) is 0.273. The molecule has 4 atom stereocenters. The summed E-state index contributed by atoms with van der Waals surface area (Å²) in [4.78, 5) is 77.8. The van der Waals surface area contributed by atoms with Gasteiger partial charge in [-0.3, -0.25) is 19.8 Å². The first-order chi connectivity index (χ1) is 30.6. The van der Waals surface area contributed by atoms with E-state index in [2.05, 4.69) is 42.3 Å². The Bertz CT molecular complexity index is 3170. The molecule has 2 fully saturated rings. The van der Waals surface area contributed by atoms with Crippen LogP contribution in [-0.4, -0.2) is 66.7 Å². The number of rotatable bonds is 10. The van der Waals surface area contributed by atoms with E-state index >= 15 is 9.59 Å². The average molecular weight is 1020 g/mol. The summed E-state index contributed by atoms with van der Waals surface area (Å²) < 4.78 is 36.1. The van der Waals surface area contributed by atoms with Crippen molar-refractivity contribution in [2.75, 3.05) is 26.8 Å². The van der Waals surface area contributed by atoms with Crippen molar-refractivity contribution in [2.24, 2.45) is 13.0 Å². The molecule has 20 heteroatoms. The number of carbonyl (C=O) groups excluding carboxylic acids is 2. The lowest BCUT2D eigenvalue weighted by atomic mass is 9.53. The molecule has 1 aliphatic carbocycles. The molecule has 16 nitrogen and oxygen atoms in total. The van der Waals surface area contributed by atoms with Crippen LogP contribution in [0.1, 0.15) is 35.2 Å². The predicted molar refractivity (Wildman–Crippen MR) is 240 cm³/mol. The van der Waals surface area contributed by atoms with Crippen LogP contribution in [0.3, 0.4) is 0 Å². The number of aryl methyl sites for hydroxylation is 2. The molecule has 0 radical (unpaired) electrons. The second-order valence-corrected chi connectivity index (χ2v) is 17.6. The second-order valence-electron chi connectivity index (χ2n) is 15.6. The number of hydrazine groups is 1. The highest BCUT2D eigenvalue weighted by atomic mass is 79.9. The van der Waals surface area contributed by atoms with Crippen molar-refractivity contribution in [3.63, 3.8) is 0 Å². The topological polar surface area (TPSA) is 181 Å². The predicted octanol–water partition coefficient (Wildman–Crippen LogP) is 5.97. The molecule has 4 heterocycles. The van der Waals surface area contributed by atoms with E-state index in [4.69, 9.17) is 25.8 Å². The summed E-state index contributed by atoms with van der Waals surface area (Å²) in [6, 6.07) is 15.6. The first kappa shape index (κ1) is 43.1. The van der Waals surface area contributed by atoms with E-state index in [-0.39, 0.29) is 53.3 Å². The molecule has 2 amide bonds. The Kier molecular flexibility index (Phi) is 10.8. The Labute approximate surface area is 384 Å². The Balaban J connectivity index is 1.20. The Morgan fingerprint density at radius 1 is 0.906 bits per heavy atom. The number of amides is 2. The summed E-state index contributed by atoms with van der Waals surface area (Å²) in [5.41, 5.74) is 2.04. The highest BCUT2D eigenvalue weighted by molar-refractivity contribution is 9.13. The van der Waals surface area contributed by atoms with Gasteiger partial charge in [0, 0.05) is 47.6 Å². The molecular formula is C44H37Br2ClFN7O9. The minimum atomic E-state index is -1.73. The molecule has 64 heavy (non-hydrogen) atoms. The summed E-state index contributed by atoms with van der Waals surface area (Å²) in [6.45, 7) is -0.314. The molecule has 2 N–H and O–H groups in total. The van der Waals surface area contributed by atoms with E-state index < -0.39 is 57.9 Å². The number of aromatic nitrogens is 5. The number of nitrogens with zero attached hydrogens (tertiary/aromatic N) is 6. The molecule has 330 valence electrons. The summed E-state index contributed by atoms with van der Waals surface area (Å²) in [5, 5.41) is 12.4. The van der Waals surface area contributed by atoms with E-state index in [1.165, 1.54) is 59.5 Å². The zero-order valence-corrected chi connectivity index (χ0v) is 38.3. The van der Waals surface area contributed by atoms with Crippen LogP contribution in [-0.2, 0) is 41.6 Å². The van der Waals surface area contributed by atoms with E-state index in [9.17, 15) is 23.9 Å². The number of anilines is 1. The van der Waals surface area contributed by atoms with Gasteiger partial charge in [-0.15, -0.1) is 0 Å². The number of imide groups is 1. The minimum absolute atomic E-state index is 0.0516. The molecule has 3 aliphatic rings. The Hall–Kier alpha value is -6.18. The molecule has 4 aromatic carbocycles. The van der Waals surface area contributed by atoms with Crippen LogP contribution in [0, 0.1) is 11.7 Å². The molecule has 2 aromatic heterocycles. The fourth-order valence-corrected chi connectivity index (χ4v) is 10.6. The SMILES string of the molecule is COc1cc2nc(CCn3c(=O)n4n(c3=O)C3CC5C(=O)N(Nc6ccc(F)cc6)C(=O)C5(c5ccc(Cl)cc5)C(c5cc(OC)c(O)c(Br)c5Br)C3=CC4)c(=O)n(C)c2cc1OC. The second kappa shape index (κ2) is 16.1. The molecule has 1 saturated carbocycles. The molecule has 6 aromatic rings. The van der Waals surface area contributed by atoms with Crippen molar-refractivity contribution < 1.29 is 33.3 Å². The number of benzene rings is 4. The maximum Gasteiger partial charge on any atom is 0.347 e. The fourth-order valence-electron chi connectivity index (χ4n) is 9.57. The van der Waals surface area contributed by atoms with Crippen molar-refractivity contribution in [3.8, 4) is 23.0 Å². The van der Waals surface area contributed by atoms with Gasteiger partial charge in [-0.1, -0.05) is 29.8 Å². The zero-order chi connectivity index (χ0) is 45.5. The number of nitrogens with one attached hydrogen (secondary N) is 1. The highest BCUT2D eigenvalue weighted by Gasteiger charge is 2.69. The Morgan fingerprint density at radius 2 is 1.58 bits per heavy atom. The lowest BCUT2D eigenvalue weighted by molar-refractivity contribution is -0.138. The zero-order valence-electron chi connectivity index (χ0n) is 34.4. The quantitative estimate of drug-likeness (QED) is 0.122. The first-order valence-corrected chi connectivity index (χ1v) is 21.8. The first-order valence-electron chi connectivity index (χ1n) is 19.8. The number of carbonyl (C=O) groups is 2.